The van der Waals surface area contributed by atoms with E-state index in [9.17, 15) is 0 Å². The maximum Gasteiger partial charge on any atom is 0.159 e. The minimum absolute atomic E-state index is 0.574. The van der Waals surface area contributed by atoms with Gasteiger partial charge in [-0.05, 0) is 36.4 Å². The minimum Gasteiger partial charge on any atom is -0.399 e. The van der Waals surface area contributed by atoms with E-state index in [-0.39, 0.29) is 0 Å². The number of nitrogen functional groups attached to an aromatic ring is 1. The predicted molar refractivity (Wildman–Crippen MR) is 116 cm³/mol. The van der Waals surface area contributed by atoms with Gasteiger partial charge in [0.1, 0.15) is 5.15 Å². The van der Waals surface area contributed by atoms with Gasteiger partial charge in [0.2, 0.25) is 0 Å². The van der Waals surface area contributed by atoms with Gasteiger partial charge in [-0.3, -0.25) is 4.90 Å². The van der Waals surface area contributed by atoms with Gasteiger partial charge in [-0.15, -0.1) is 0 Å². The van der Waals surface area contributed by atoms with E-state index >= 15 is 0 Å². The number of aromatic nitrogens is 3. The number of nitrogens with two attached hydrogens (primary N) is 1. The molecule has 29 heavy (non-hydrogen) atoms. The fraction of sp³-hybridized carbons (Fsp3) is 0.174. The molecule has 1 aliphatic heterocycles. The fourth-order valence-corrected chi connectivity index (χ4v) is 3.97. The number of pyridine rings is 1. The second-order valence-corrected chi connectivity index (χ2v) is 7.74. The third-order valence-corrected chi connectivity index (χ3v) is 5.65. The number of benzene rings is 2. The molecule has 2 N–H and O–H groups in total. The summed E-state index contributed by atoms with van der Waals surface area (Å²) < 4.78 is 0. The molecule has 5 rings (SSSR count). The van der Waals surface area contributed by atoms with Gasteiger partial charge in [-0.1, -0.05) is 29.8 Å². The van der Waals surface area contributed by atoms with Crippen molar-refractivity contribution in [2.24, 2.45) is 0 Å². The van der Waals surface area contributed by atoms with Crippen LogP contribution in [-0.2, 0) is 19.5 Å². The number of hydrogen-bond acceptors (Lipinski definition) is 5. The second-order valence-electron chi connectivity index (χ2n) is 7.38. The molecule has 1 aliphatic rings. The molecule has 0 saturated carbocycles. The monoisotopic (exact) mass is 401 g/mol. The van der Waals surface area contributed by atoms with Crippen molar-refractivity contribution < 1.29 is 0 Å². The van der Waals surface area contributed by atoms with Gasteiger partial charge in [0.05, 0.1) is 11.2 Å². The molecular formula is C23H20ClN5. The SMILES string of the molecule is Nc1ccc(-c2ncc3c(n2)CCN(Cc2cc4ccccc4nc2Cl)C3)cc1. The summed E-state index contributed by atoms with van der Waals surface area (Å²) in [5, 5.41) is 1.69. The lowest BCUT2D eigenvalue weighted by molar-refractivity contribution is 0.243. The van der Waals surface area contributed by atoms with Gasteiger partial charge in [-0.2, -0.15) is 0 Å². The topological polar surface area (TPSA) is 67.9 Å². The van der Waals surface area contributed by atoms with Gasteiger partial charge in [-0.25, -0.2) is 15.0 Å². The Morgan fingerprint density at radius 3 is 2.72 bits per heavy atom. The number of halogens is 1. The van der Waals surface area contributed by atoms with Gasteiger partial charge < -0.3 is 5.73 Å². The molecule has 0 radical (unpaired) electrons. The number of para-hydroxylation sites is 1. The largest absolute Gasteiger partial charge is 0.399 e. The molecule has 5 nitrogen and oxygen atoms in total. The molecule has 3 heterocycles. The third-order valence-electron chi connectivity index (χ3n) is 5.33. The van der Waals surface area contributed by atoms with Crippen LogP contribution >= 0.6 is 11.6 Å². The lowest BCUT2D eigenvalue weighted by atomic mass is 10.1. The highest BCUT2D eigenvalue weighted by Crippen LogP contribution is 2.26. The third kappa shape index (κ3) is 3.67. The maximum atomic E-state index is 6.45. The molecule has 2 aromatic heterocycles. The molecule has 144 valence electrons. The second kappa shape index (κ2) is 7.43. The number of rotatable bonds is 3. The summed E-state index contributed by atoms with van der Waals surface area (Å²) in [6, 6.07) is 17.9. The number of nitrogens with zero attached hydrogens (tertiary/aromatic N) is 4. The summed E-state index contributed by atoms with van der Waals surface area (Å²) >= 11 is 6.45. The van der Waals surface area contributed by atoms with Crippen molar-refractivity contribution in [1.82, 2.24) is 19.9 Å². The molecule has 0 atom stereocenters. The van der Waals surface area contributed by atoms with Crippen LogP contribution in [0.5, 0.6) is 0 Å². The van der Waals surface area contributed by atoms with E-state index in [1.165, 1.54) is 5.56 Å². The lowest BCUT2D eigenvalue weighted by Gasteiger charge is -2.28. The molecule has 2 aromatic carbocycles. The minimum atomic E-state index is 0.574. The van der Waals surface area contributed by atoms with Crippen LogP contribution < -0.4 is 5.73 Å². The van der Waals surface area contributed by atoms with Crippen LogP contribution in [0, 0.1) is 0 Å². The Hall–Kier alpha value is -3.02. The fourth-order valence-electron chi connectivity index (χ4n) is 3.77. The van der Waals surface area contributed by atoms with Crippen LogP contribution in [0.2, 0.25) is 5.15 Å². The number of hydrogen-bond donors (Lipinski definition) is 1. The summed E-state index contributed by atoms with van der Waals surface area (Å²) in [6.07, 6.45) is 2.83. The first-order valence-corrected chi connectivity index (χ1v) is 10.0. The summed E-state index contributed by atoms with van der Waals surface area (Å²) in [5.74, 6) is 0.749. The van der Waals surface area contributed by atoms with Crippen molar-refractivity contribution in [2.45, 2.75) is 19.5 Å². The van der Waals surface area contributed by atoms with E-state index in [0.717, 1.165) is 65.3 Å². The van der Waals surface area contributed by atoms with Gasteiger partial charge in [0.25, 0.3) is 0 Å². The van der Waals surface area contributed by atoms with Gasteiger partial charge in [0.15, 0.2) is 5.82 Å². The number of anilines is 1. The number of fused-ring (bicyclic) bond motifs is 2. The van der Waals surface area contributed by atoms with E-state index in [2.05, 4.69) is 27.0 Å². The quantitative estimate of drug-likeness (QED) is 0.404. The molecule has 4 aromatic rings. The Bertz CT molecular complexity index is 1190. The zero-order valence-corrected chi connectivity index (χ0v) is 16.6. The highest BCUT2D eigenvalue weighted by molar-refractivity contribution is 6.30. The van der Waals surface area contributed by atoms with E-state index in [1.54, 1.807) is 0 Å². The van der Waals surface area contributed by atoms with E-state index in [1.807, 2.05) is 48.7 Å². The Morgan fingerprint density at radius 1 is 1.03 bits per heavy atom. The summed E-state index contributed by atoms with van der Waals surface area (Å²) in [7, 11) is 0. The molecule has 0 amide bonds. The van der Waals surface area contributed by atoms with Crippen molar-refractivity contribution >= 4 is 28.2 Å². The van der Waals surface area contributed by atoms with E-state index in [0.29, 0.717) is 5.15 Å². The predicted octanol–water partition coefficient (Wildman–Crippen LogP) is 4.49. The Balaban J connectivity index is 1.36. The van der Waals surface area contributed by atoms with Crippen LogP contribution in [0.15, 0.2) is 60.8 Å². The van der Waals surface area contributed by atoms with E-state index < -0.39 is 0 Å². The van der Waals surface area contributed by atoms with Crippen LogP contribution in [-0.4, -0.2) is 26.4 Å². The first-order chi connectivity index (χ1) is 14.2. The summed E-state index contributed by atoms with van der Waals surface area (Å²) in [6.45, 7) is 2.49. The van der Waals surface area contributed by atoms with E-state index in [4.69, 9.17) is 22.3 Å². The molecule has 0 unspecified atom stereocenters. The molecular weight excluding hydrogens is 382 g/mol. The maximum absolute atomic E-state index is 6.45. The molecule has 0 saturated heterocycles. The normalized spacial score (nSPS) is 14.1. The molecule has 0 bridgehead atoms. The van der Waals surface area contributed by atoms with Crippen LogP contribution in [0.3, 0.4) is 0 Å². The van der Waals surface area contributed by atoms with Crippen LogP contribution in [0.1, 0.15) is 16.8 Å². The van der Waals surface area contributed by atoms with Gasteiger partial charge in [0, 0.05) is 60.0 Å². The first-order valence-electron chi connectivity index (χ1n) is 9.63. The van der Waals surface area contributed by atoms with Crippen LogP contribution in [0.25, 0.3) is 22.3 Å². The van der Waals surface area contributed by atoms with Crippen molar-refractivity contribution in [2.75, 3.05) is 12.3 Å². The highest BCUT2D eigenvalue weighted by Gasteiger charge is 2.20. The smallest absolute Gasteiger partial charge is 0.159 e. The van der Waals surface area contributed by atoms with Crippen molar-refractivity contribution in [3.05, 3.63) is 82.8 Å². The molecule has 6 heteroatoms. The molecule has 0 aliphatic carbocycles. The standard InChI is InChI=1S/C23H20ClN5/c24-22-17(11-16-3-1-2-4-20(16)27-22)13-29-10-9-21-18(14-29)12-26-23(28-21)15-5-7-19(25)8-6-15/h1-8,11-12H,9-10,13-14,25H2. The lowest BCUT2D eigenvalue weighted by Crippen LogP contribution is -2.31. The zero-order valence-electron chi connectivity index (χ0n) is 15.8. The van der Waals surface area contributed by atoms with Crippen molar-refractivity contribution in [3.8, 4) is 11.4 Å². The van der Waals surface area contributed by atoms with Gasteiger partial charge >= 0.3 is 0 Å². The van der Waals surface area contributed by atoms with Crippen molar-refractivity contribution in [1.29, 1.82) is 0 Å². The van der Waals surface area contributed by atoms with Crippen molar-refractivity contribution in [3.63, 3.8) is 0 Å². The zero-order chi connectivity index (χ0) is 19.8. The highest BCUT2D eigenvalue weighted by atomic mass is 35.5. The Morgan fingerprint density at radius 2 is 1.86 bits per heavy atom. The Kier molecular flexibility index (Phi) is 4.62. The Labute approximate surface area is 174 Å². The summed E-state index contributed by atoms with van der Waals surface area (Å²) in [5.41, 5.74) is 11.8. The summed E-state index contributed by atoms with van der Waals surface area (Å²) in [4.78, 5) is 16.3. The van der Waals surface area contributed by atoms with Crippen LogP contribution in [0.4, 0.5) is 5.69 Å². The molecule has 0 spiro atoms. The average molecular weight is 402 g/mol. The molecule has 0 fully saturated rings. The average Bonchev–Trinajstić information content (AvgIpc) is 2.74. The first kappa shape index (κ1) is 18.0.